The van der Waals surface area contributed by atoms with Crippen LogP contribution in [0.25, 0.3) is 0 Å². The fraction of sp³-hybridized carbons (Fsp3) is 0.462. The minimum Gasteiger partial charge on any atom is -0.335 e. The molecule has 0 unspecified atom stereocenters. The van der Waals surface area contributed by atoms with Crippen LogP contribution in [-0.2, 0) is 6.18 Å². The zero-order valence-corrected chi connectivity index (χ0v) is 11.1. The molecule has 0 spiro atoms. The summed E-state index contributed by atoms with van der Waals surface area (Å²) in [7, 11) is 0. The minimum atomic E-state index is -4.75. The standard InChI is InChI=1S/C13H15F4N3O/c14-11-7-9(1-2-10(11)13(15,16)17)20-12(21)19-8-3-5-18-6-4-8/h1-2,7-8,18H,3-6H2,(H2,19,20,21). The summed E-state index contributed by atoms with van der Waals surface area (Å²) in [4.78, 5) is 11.7. The van der Waals surface area contributed by atoms with Crippen LogP contribution in [0.5, 0.6) is 0 Å². The molecule has 1 aliphatic rings. The maximum atomic E-state index is 13.4. The van der Waals surface area contributed by atoms with Gasteiger partial charge in [-0.1, -0.05) is 0 Å². The van der Waals surface area contributed by atoms with Crippen LogP contribution in [0.3, 0.4) is 0 Å². The number of hydrogen-bond acceptors (Lipinski definition) is 2. The first-order valence-corrected chi connectivity index (χ1v) is 6.51. The van der Waals surface area contributed by atoms with Crippen LogP contribution in [-0.4, -0.2) is 25.2 Å². The first-order chi connectivity index (χ1) is 9.86. The highest BCUT2D eigenvalue weighted by atomic mass is 19.4. The van der Waals surface area contributed by atoms with Gasteiger partial charge in [0.25, 0.3) is 0 Å². The van der Waals surface area contributed by atoms with Gasteiger partial charge in [-0.05, 0) is 44.1 Å². The van der Waals surface area contributed by atoms with Crippen LogP contribution in [0.15, 0.2) is 18.2 Å². The number of amides is 2. The highest BCUT2D eigenvalue weighted by Crippen LogP contribution is 2.32. The van der Waals surface area contributed by atoms with Gasteiger partial charge in [-0.2, -0.15) is 13.2 Å². The van der Waals surface area contributed by atoms with Gasteiger partial charge in [-0.25, -0.2) is 9.18 Å². The molecular formula is C13H15F4N3O. The average Bonchev–Trinajstić information content (AvgIpc) is 2.38. The highest BCUT2D eigenvalue weighted by molar-refractivity contribution is 5.89. The molecule has 1 saturated heterocycles. The number of benzene rings is 1. The lowest BCUT2D eigenvalue weighted by molar-refractivity contribution is -0.139. The van der Waals surface area contributed by atoms with Crippen molar-refractivity contribution < 1.29 is 22.4 Å². The Morgan fingerprint density at radius 1 is 1.24 bits per heavy atom. The third-order valence-corrected chi connectivity index (χ3v) is 3.21. The van der Waals surface area contributed by atoms with Crippen molar-refractivity contribution in [1.29, 1.82) is 0 Å². The van der Waals surface area contributed by atoms with E-state index in [4.69, 9.17) is 0 Å². The molecule has 3 N–H and O–H groups in total. The van der Waals surface area contributed by atoms with E-state index in [1.54, 1.807) is 0 Å². The van der Waals surface area contributed by atoms with Gasteiger partial charge in [0.15, 0.2) is 0 Å². The zero-order valence-electron chi connectivity index (χ0n) is 11.1. The number of anilines is 1. The lowest BCUT2D eigenvalue weighted by Gasteiger charge is -2.23. The van der Waals surface area contributed by atoms with Crippen LogP contribution in [0, 0.1) is 5.82 Å². The number of nitrogens with one attached hydrogen (secondary N) is 3. The second-order valence-electron chi connectivity index (χ2n) is 4.82. The van der Waals surface area contributed by atoms with Gasteiger partial charge in [0, 0.05) is 11.7 Å². The van der Waals surface area contributed by atoms with Crippen molar-refractivity contribution in [1.82, 2.24) is 10.6 Å². The van der Waals surface area contributed by atoms with Crippen LogP contribution in [0.4, 0.5) is 28.0 Å². The van der Waals surface area contributed by atoms with Crippen LogP contribution < -0.4 is 16.0 Å². The molecule has 8 heteroatoms. The number of carbonyl (C=O) groups is 1. The van der Waals surface area contributed by atoms with E-state index in [1.807, 2.05) is 0 Å². The van der Waals surface area contributed by atoms with Gasteiger partial charge in [-0.3, -0.25) is 0 Å². The van der Waals surface area contributed by atoms with Gasteiger partial charge in [0.1, 0.15) is 5.82 Å². The predicted molar refractivity (Wildman–Crippen MR) is 69.4 cm³/mol. The van der Waals surface area contributed by atoms with Crippen molar-refractivity contribution in [3.63, 3.8) is 0 Å². The molecule has 1 aromatic carbocycles. The Morgan fingerprint density at radius 2 is 1.90 bits per heavy atom. The van der Waals surface area contributed by atoms with E-state index < -0.39 is 23.6 Å². The molecule has 0 atom stereocenters. The van der Waals surface area contributed by atoms with Crippen LogP contribution in [0.2, 0.25) is 0 Å². The molecule has 0 aromatic heterocycles. The molecule has 0 radical (unpaired) electrons. The molecule has 0 aliphatic carbocycles. The molecule has 1 aromatic rings. The molecular weight excluding hydrogens is 290 g/mol. The van der Waals surface area contributed by atoms with Crippen molar-refractivity contribution in [2.75, 3.05) is 18.4 Å². The Bertz CT molecular complexity index is 513. The number of halogens is 4. The molecule has 2 amide bonds. The van der Waals surface area contributed by atoms with Crippen molar-refractivity contribution in [3.05, 3.63) is 29.6 Å². The van der Waals surface area contributed by atoms with Gasteiger partial charge >= 0.3 is 12.2 Å². The zero-order chi connectivity index (χ0) is 15.5. The van der Waals surface area contributed by atoms with Crippen molar-refractivity contribution in [2.45, 2.75) is 25.1 Å². The summed E-state index contributed by atoms with van der Waals surface area (Å²) in [5, 5.41) is 8.17. The van der Waals surface area contributed by atoms with Gasteiger partial charge in [0.2, 0.25) is 0 Å². The lowest BCUT2D eigenvalue weighted by atomic mass is 10.1. The first-order valence-electron chi connectivity index (χ1n) is 6.51. The molecule has 0 bridgehead atoms. The number of carbonyl (C=O) groups excluding carboxylic acids is 1. The monoisotopic (exact) mass is 305 g/mol. The Hall–Kier alpha value is -1.83. The van der Waals surface area contributed by atoms with E-state index in [2.05, 4.69) is 16.0 Å². The van der Waals surface area contributed by atoms with E-state index in [-0.39, 0.29) is 11.7 Å². The molecule has 116 valence electrons. The molecule has 0 saturated carbocycles. The fourth-order valence-corrected chi connectivity index (χ4v) is 2.14. The summed E-state index contributed by atoms with van der Waals surface area (Å²) in [6.07, 6.45) is -3.20. The summed E-state index contributed by atoms with van der Waals surface area (Å²) in [5.74, 6) is -1.41. The van der Waals surface area contributed by atoms with E-state index in [9.17, 15) is 22.4 Å². The molecule has 21 heavy (non-hydrogen) atoms. The van der Waals surface area contributed by atoms with E-state index in [0.29, 0.717) is 12.1 Å². The molecule has 2 rings (SSSR count). The molecule has 4 nitrogen and oxygen atoms in total. The number of hydrogen-bond donors (Lipinski definition) is 3. The minimum absolute atomic E-state index is 0.00513. The summed E-state index contributed by atoms with van der Waals surface area (Å²) in [6, 6.07) is 1.74. The smallest absolute Gasteiger partial charge is 0.335 e. The Kier molecular flexibility index (Phi) is 4.66. The second kappa shape index (κ2) is 6.30. The summed E-state index contributed by atoms with van der Waals surface area (Å²) in [6.45, 7) is 1.58. The summed E-state index contributed by atoms with van der Waals surface area (Å²) in [5.41, 5.74) is -1.38. The largest absolute Gasteiger partial charge is 0.419 e. The topological polar surface area (TPSA) is 53.2 Å². The van der Waals surface area contributed by atoms with Crippen molar-refractivity contribution in [2.24, 2.45) is 0 Å². The molecule has 1 aliphatic heterocycles. The quantitative estimate of drug-likeness (QED) is 0.736. The van der Waals surface area contributed by atoms with Gasteiger partial charge in [-0.15, -0.1) is 0 Å². The first kappa shape index (κ1) is 15.6. The van der Waals surface area contributed by atoms with Crippen LogP contribution >= 0.6 is 0 Å². The molecule has 1 fully saturated rings. The predicted octanol–water partition coefficient (Wildman–Crippen LogP) is 2.72. The molecule has 1 heterocycles. The normalized spacial score (nSPS) is 16.6. The van der Waals surface area contributed by atoms with E-state index >= 15 is 0 Å². The Balaban J connectivity index is 1.96. The van der Waals surface area contributed by atoms with E-state index in [0.717, 1.165) is 32.0 Å². The number of alkyl halides is 3. The number of rotatable bonds is 2. The van der Waals surface area contributed by atoms with Gasteiger partial charge < -0.3 is 16.0 Å². The average molecular weight is 305 g/mol. The van der Waals surface area contributed by atoms with E-state index in [1.165, 1.54) is 0 Å². The van der Waals surface area contributed by atoms with Crippen molar-refractivity contribution >= 4 is 11.7 Å². The summed E-state index contributed by atoms with van der Waals surface area (Å²) >= 11 is 0. The Morgan fingerprint density at radius 3 is 2.48 bits per heavy atom. The third kappa shape index (κ3) is 4.32. The SMILES string of the molecule is O=C(Nc1ccc(C(F)(F)F)c(F)c1)NC1CCNCC1. The van der Waals surface area contributed by atoms with Gasteiger partial charge in [0.05, 0.1) is 5.56 Å². The summed E-state index contributed by atoms with van der Waals surface area (Å²) < 4.78 is 50.6. The third-order valence-electron chi connectivity index (χ3n) is 3.21. The van der Waals surface area contributed by atoms with Crippen LogP contribution in [0.1, 0.15) is 18.4 Å². The maximum absolute atomic E-state index is 13.4. The van der Waals surface area contributed by atoms with Crippen molar-refractivity contribution in [3.8, 4) is 0 Å². The lowest BCUT2D eigenvalue weighted by Crippen LogP contribution is -2.44. The fourth-order valence-electron chi connectivity index (χ4n) is 2.14. The number of urea groups is 1. The highest BCUT2D eigenvalue weighted by Gasteiger charge is 2.34. The second-order valence-corrected chi connectivity index (χ2v) is 4.82. The maximum Gasteiger partial charge on any atom is 0.419 e. The number of piperidine rings is 1. The Labute approximate surface area is 118 Å².